The van der Waals surface area contributed by atoms with Gasteiger partial charge in [0.05, 0.1) is 12.5 Å². The number of ether oxygens (including phenoxy) is 1. The SMILES string of the molecule is CC(=O)C(C)C(=O)C1CN(C(=O)OC(C)(C)C)CC(F)(F)C1. The lowest BCUT2D eigenvalue weighted by molar-refractivity contribution is -0.141. The summed E-state index contributed by atoms with van der Waals surface area (Å²) < 4.78 is 32.8. The number of alkyl halides is 2. The number of rotatable bonds is 3. The molecule has 22 heavy (non-hydrogen) atoms. The van der Waals surface area contributed by atoms with E-state index in [1.807, 2.05) is 0 Å². The first kappa shape index (κ1) is 18.5. The van der Waals surface area contributed by atoms with Gasteiger partial charge in [0.2, 0.25) is 0 Å². The smallest absolute Gasteiger partial charge is 0.410 e. The topological polar surface area (TPSA) is 63.7 Å². The van der Waals surface area contributed by atoms with Gasteiger partial charge in [-0.2, -0.15) is 0 Å². The molecule has 1 rings (SSSR count). The van der Waals surface area contributed by atoms with Crippen molar-refractivity contribution in [3.63, 3.8) is 0 Å². The average molecular weight is 319 g/mol. The van der Waals surface area contributed by atoms with Gasteiger partial charge in [0.25, 0.3) is 5.92 Å². The molecular weight excluding hydrogens is 296 g/mol. The fourth-order valence-corrected chi connectivity index (χ4v) is 2.31. The van der Waals surface area contributed by atoms with Gasteiger partial charge >= 0.3 is 6.09 Å². The molecule has 0 aromatic heterocycles. The molecule has 1 aliphatic heterocycles. The van der Waals surface area contributed by atoms with Crippen molar-refractivity contribution in [1.29, 1.82) is 0 Å². The average Bonchev–Trinajstić information content (AvgIpc) is 2.32. The van der Waals surface area contributed by atoms with E-state index in [2.05, 4.69) is 0 Å². The number of likely N-dealkylation sites (tertiary alicyclic amines) is 1. The Bertz CT molecular complexity index is 471. The molecule has 2 unspecified atom stereocenters. The number of nitrogens with zero attached hydrogens (tertiary/aromatic N) is 1. The Labute approximate surface area is 129 Å². The molecule has 5 nitrogen and oxygen atoms in total. The zero-order chi connectivity index (χ0) is 17.3. The van der Waals surface area contributed by atoms with Crippen LogP contribution >= 0.6 is 0 Å². The Hall–Kier alpha value is -1.53. The Morgan fingerprint density at radius 3 is 2.27 bits per heavy atom. The molecule has 1 heterocycles. The van der Waals surface area contributed by atoms with E-state index in [1.165, 1.54) is 13.8 Å². The molecule has 0 N–H and O–H groups in total. The molecule has 0 aromatic carbocycles. The minimum atomic E-state index is -3.17. The van der Waals surface area contributed by atoms with Crippen LogP contribution in [0.3, 0.4) is 0 Å². The molecule has 0 spiro atoms. The van der Waals surface area contributed by atoms with Gasteiger partial charge in [-0.05, 0) is 34.6 Å². The number of piperidine rings is 1. The van der Waals surface area contributed by atoms with Crippen LogP contribution in [-0.4, -0.2) is 47.2 Å². The Morgan fingerprint density at radius 1 is 1.27 bits per heavy atom. The predicted molar refractivity (Wildman–Crippen MR) is 75.7 cm³/mol. The van der Waals surface area contributed by atoms with Gasteiger partial charge in [-0.25, -0.2) is 13.6 Å². The van der Waals surface area contributed by atoms with E-state index in [9.17, 15) is 23.2 Å². The Balaban J connectivity index is 2.88. The van der Waals surface area contributed by atoms with Crippen molar-refractivity contribution in [2.75, 3.05) is 13.1 Å². The van der Waals surface area contributed by atoms with Crippen molar-refractivity contribution in [2.45, 2.75) is 52.6 Å². The first-order valence-electron chi connectivity index (χ1n) is 7.22. The number of amides is 1. The van der Waals surface area contributed by atoms with Gasteiger partial charge in [0.15, 0.2) is 0 Å². The highest BCUT2D eigenvalue weighted by Gasteiger charge is 2.46. The summed E-state index contributed by atoms with van der Waals surface area (Å²) in [6.45, 7) is 6.61. The van der Waals surface area contributed by atoms with Gasteiger partial charge in [-0.1, -0.05) is 0 Å². The molecule has 1 amide bonds. The maximum absolute atomic E-state index is 13.8. The van der Waals surface area contributed by atoms with Gasteiger partial charge in [0.1, 0.15) is 17.2 Å². The fourth-order valence-electron chi connectivity index (χ4n) is 2.31. The summed E-state index contributed by atoms with van der Waals surface area (Å²) in [7, 11) is 0. The largest absolute Gasteiger partial charge is 0.444 e. The van der Waals surface area contributed by atoms with Crippen molar-refractivity contribution in [1.82, 2.24) is 4.90 Å². The van der Waals surface area contributed by atoms with Crippen LogP contribution in [0.1, 0.15) is 41.0 Å². The summed E-state index contributed by atoms with van der Waals surface area (Å²) in [4.78, 5) is 36.2. The molecule has 0 saturated carbocycles. The normalized spacial score (nSPS) is 22.9. The highest BCUT2D eigenvalue weighted by molar-refractivity contribution is 6.02. The molecule has 1 fully saturated rings. The third kappa shape index (κ3) is 5.03. The second-order valence-corrected chi connectivity index (χ2v) is 6.85. The minimum absolute atomic E-state index is 0.152. The van der Waals surface area contributed by atoms with Crippen LogP contribution in [0.5, 0.6) is 0 Å². The fraction of sp³-hybridized carbons (Fsp3) is 0.800. The first-order chi connectivity index (χ1) is 9.82. The number of hydrogen-bond donors (Lipinski definition) is 0. The van der Waals surface area contributed by atoms with E-state index in [-0.39, 0.29) is 12.3 Å². The summed E-state index contributed by atoms with van der Waals surface area (Å²) in [5.41, 5.74) is -0.810. The summed E-state index contributed by atoms with van der Waals surface area (Å²) in [5, 5.41) is 0. The summed E-state index contributed by atoms with van der Waals surface area (Å²) in [6.07, 6.45) is -1.52. The third-order valence-electron chi connectivity index (χ3n) is 3.50. The molecule has 1 aliphatic rings. The first-order valence-corrected chi connectivity index (χ1v) is 7.22. The molecule has 126 valence electrons. The van der Waals surface area contributed by atoms with Crippen molar-refractivity contribution in [2.24, 2.45) is 11.8 Å². The second kappa shape index (κ2) is 6.30. The van der Waals surface area contributed by atoms with Crippen LogP contribution < -0.4 is 0 Å². The molecule has 1 saturated heterocycles. The standard InChI is InChI=1S/C15H23F2NO4/c1-9(10(2)19)12(20)11-6-15(16,17)8-18(7-11)13(21)22-14(3,4)5/h9,11H,6-8H2,1-5H3. The Morgan fingerprint density at radius 2 is 1.82 bits per heavy atom. The molecule has 2 atom stereocenters. The predicted octanol–water partition coefficient (Wildman–Crippen LogP) is 2.67. The maximum Gasteiger partial charge on any atom is 0.410 e. The van der Waals surface area contributed by atoms with Gasteiger partial charge in [-0.15, -0.1) is 0 Å². The third-order valence-corrected chi connectivity index (χ3v) is 3.50. The van der Waals surface area contributed by atoms with Gasteiger partial charge in [-0.3, -0.25) is 9.59 Å². The lowest BCUT2D eigenvalue weighted by atomic mass is 9.85. The zero-order valence-electron chi connectivity index (χ0n) is 13.6. The van der Waals surface area contributed by atoms with Crippen LogP contribution in [-0.2, 0) is 14.3 Å². The maximum atomic E-state index is 13.8. The number of Topliss-reactive ketones (excluding diaryl/α,β-unsaturated/α-hetero) is 2. The lowest BCUT2D eigenvalue weighted by Gasteiger charge is -2.38. The number of hydrogen-bond acceptors (Lipinski definition) is 4. The second-order valence-electron chi connectivity index (χ2n) is 6.85. The monoisotopic (exact) mass is 319 g/mol. The van der Waals surface area contributed by atoms with Crippen molar-refractivity contribution >= 4 is 17.7 Å². The molecule has 0 radical (unpaired) electrons. The van der Waals surface area contributed by atoms with Crippen molar-refractivity contribution in [3.8, 4) is 0 Å². The van der Waals surface area contributed by atoms with Crippen LogP contribution in [0, 0.1) is 11.8 Å². The van der Waals surface area contributed by atoms with E-state index >= 15 is 0 Å². The van der Waals surface area contributed by atoms with Crippen molar-refractivity contribution in [3.05, 3.63) is 0 Å². The van der Waals surface area contributed by atoms with Crippen LogP contribution in [0.2, 0.25) is 0 Å². The van der Waals surface area contributed by atoms with Crippen LogP contribution in [0.15, 0.2) is 0 Å². The molecule has 0 aliphatic carbocycles. The van der Waals surface area contributed by atoms with E-state index in [0.29, 0.717) is 0 Å². The van der Waals surface area contributed by atoms with Gasteiger partial charge in [0, 0.05) is 18.9 Å². The van der Waals surface area contributed by atoms with E-state index in [0.717, 1.165) is 4.90 Å². The molecule has 7 heteroatoms. The molecular formula is C15H23F2NO4. The lowest BCUT2D eigenvalue weighted by Crippen LogP contribution is -2.53. The van der Waals surface area contributed by atoms with E-state index < -0.39 is 48.2 Å². The van der Waals surface area contributed by atoms with E-state index in [1.54, 1.807) is 20.8 Å². The number of carbonyl (C=O) groups is 3. The summed E-state index contributed by atoms with van der Waals surface area (Å²) >= 11 is 0. The highest BCUT2D eigenvalue weighted by atomic mass is 19.3. The number of ketones is 2. The number of carbonyl (C=O) groups excluding carboxylic acids is 3. The number of halogens is 2. The highest BCUT2D eigenvalue weighted by Crippen LogP contribution is 2.33. The van der Waals surface area contributed by atoms with Crippen molar-refractivity contribution < 1.29 is 27.9 Å². The van der Waals surface area contributed by atoms with Crippen LogP contribution in [0.4, 0.5) is 13.6 Å². The summed E-state index contributed by atoms with van der Waals surface area (Å²) in [6, 6.07) is 0. The quantitative estimate of drug-likeness (QED) is 0.750. The van der Waals surface area contributed by atoms with Gasteiger partial charge < -0.3 is 9.64 Å². The minimum Gasteiger partial charge on any atom is -0.444 e. The molecule has 0 bridgehead atoms. The summed E-state index contributed by atoms with van der Waals surface area (Å²) in [5.74, 6) is -6.11. The van der Waals surface area contributed by atoms with E-state index in [4.69, 9.17) is 4.74 Å². The molecule has 0 aromatic rings. The zero-order valence-corrected chi connectivity index (χ0v) is 13.6. The van der Waals surface area contributed by atoms with Crippen LogP contribution in [0.25, 0.3) is 0 Å². The Kier molecular flexibility index (Phi) is 5.30.